The molecule has 32 heavy (non-hydrogen) atoms. The summed E-state index contributed by atoms with van der Waals surface area (Å²) in [6.45, 7) is 9.61. The van der Waals surface area contributed by atoms with Crippen molar-refractivity contribution in [2.75, 3.05) is 26.2 Å². The molecule has 0 aliphatic rings. The molecule has 1 amide bonds. The van der Waals surface area contributed by atoms with Gasteiger partial charge in [0, 0.05) is 18.7 Å². The first-order chi connectivity index (χ1) is 15.4. The highest BCUT2D eigenvalue weighted by atomic mass is 35.5. The number of carbonyl (C=O) groups is 1. The van der Waals surface area contributed by atoms with Gasteiger partial charge in [-0.3, -0.25) is 4.79 Å². The van der Waals surface area contributed by atoms with Gasteiger partial charge in [-0.05, 0) is 50.3 Å². The standard InChI is InChI=1S/C24H28ClFN4O2/c1-4-29(5-2)14-15-32-21-9-7-6-8-18(21)16-27-24(31)22-17(3)28-30(23(22)25)20-12-10-19(26)11-13-20/h6-13H,4-5,14-16H2,1-3H3,(H,27,31). The van der Waals surface area contributed by atoms with Crippen molar-refractivity contribution in [1.82, 2.24) is 20.0 Å². The van der Waals surface area contributed by atoms with Crippen molar-refractivity contribution < 1.29 is 13.9 Å². The van der Waals surface area contributed by atoms with Gasteiger partial charge in [0.05, 0.1) is 16.9 Å². The fourth-order valence-corrected chi connectivity index (χ4v) is 3.75. The second kappa shape index (κ2) is 11.1. The summed E-state index contributed by atoms with van der Waals surface area (Å²) in [5, 5.41) is 7.43. The maximum Gasteiger partial charge on any atom is 0.256 e. The summed E-state index contributed by atoms with van der Waals surface area (Å²) in [6.07, 6.45) is 0. The van der Waals surface area contributed by atoms with Crippen LogP contribution < -0.4 is 10.1 Å². The van der Waals surface area contributed by atoms with Crippen molar-refractivity contribution in [1.29, 1.82) is 0 Å². The smallest absolute Gasteiger partial charge is 0.256 e. The van der Waals surface area contributed by atoms with E-state index in [0.29, 0.717) is 18.0 Å². The highest BCUT2D eigenvalue weighted by Gasteiger charge is 2.21. The number of likely N-dealkylation sites (N-methyl/N-ethyl adjacent to an activating group) is 1. The lowest BCUT2D eigenvalue weighted by atomic mass is 10.2. The molecule has 1 heterocycles. The normalized spacial score (nSPS) is 11.1. The summed E-state index contributed by atoms with van der Waals surface area (Å²) in [5.41, 5.74) is 2.22. The lowest BCUT2D eigenvalue weighted by molar-refractivity contribution is 0.0950. The van der Waals surface area contributed by atoms with Gasteiger partial charge in [-0.1, -0.05) is 43.6 Å². The Labute approximate surface area is 192 Å². The number of aromatic nitrogens is 2. The summed E-state index contributed by atoms with van der Waals surface area (Å²) in [6, 6.07) is 13.4. The molecule has 0 radical (unpaired) electrons. The fraction of sp³-hybridized carbons (Fsp3) is 0.333. The Bertz CT molecular complexity index is 1050. The van der Waals surface area contributed by atoms with Crippen LogP contribution in [0, 0.1) is 12.7 Å². The predicted molar refractivity (Wildman–Crippen MR) is 124 cm³/mol. The largest absolute Gasteiger partial charge is 0.492 e. The topological polar surface area (TPSA) is 59.4 Å². The van der Waals surface area contributed by atoms with Gasteiger partial charge in [-0.15, -0.1) is 0 Å². The number of hydrogen-bond acceptors (Lipinski definition) is 4. The molecule has 0 aliphatic heterocycles. The Kier molecular flexibility index (Phi) is 8.25. The minimum absolute atomic E-state index is 0.176. The predicted octanol–water partition coefficient (Wildman–Crippen LogP) is 4.62. The Balaban J connectivity index is 1.68. The van der Waals surface area contributed by atoms with E-state index < -0.39 is 0 Å². The summed E-state index contributed by atoms with van der Waals surface area (Å²) in [4.78, 5) is 15.2. The van der Waals surface area contributed by atoms with Crippen molar-refractivity contribution in [3.63, 3.8) is 0 Å². The molecule has 6 nitrogen and oxygen atoms in total. The van der Waals surface area contributed by atoms with E-state index in [2.05, 4.69) is 29.2 Å². The number of para-hydroxylation sites is 1. The molecule has 0 saturated carbocycles. The molecule has 1 aromatic heterocycles. The van der Waals surface area contributed by atoms with E-state index in [4.69, 9.17) is 16.3 Å². The minimum atomic E-state index is -0.357. The van der Waals surface area contributed by atoms with Crippen LogP contribution in [0.15, 0.2) is 48.5 Å². The van der Waals surface area contributed by atoms with E-state index in [1.807, 2.05) is 24.3 Å². The van der Waals surface area contributed by atoms with Crippen LogP contribution in [0.3, 0.4) is 0 Å². The molecule has 0 saturated heterocycles. The summed E-state index contributed by atoms with van der Waals surface area (Å²) < 4.78 is 20.6. The fourth-order valence-electron chi connectivity index (χ4n) is 3.39. The van der Waals surface area contributed by atoms with Gasteiger partial charge < -0.3 is 15.0 Å². The molecule has 0 unspecified atom stereocenters. The first-order valence-corrected chi connectivity index (χ1v) is 11.0. The van der Waals surface area contributed by atoms with Gasteiger partial charge in [0.25, 0.3) is 5.91 Å². The molecule has 0 atom stereocenters. The van der Waals surface area contributed by atoms with Crippen molar-refractivity contribution in [2.24, 2.45) is 0 Å². The number of benzene rings is 2. The van der Waals surface area contributed by atoms with Gasteiger partial charge in [-0.25, -0.2) is 9.07 Å². The third-order valence-corrected chi connectivity index (χ3v) is 5.62. The first-order valence-electron chi connectivity index (χ1n) is 10.7. The highest BCUT2D eigenvalue weighted by Crippen LogP contribution is 2.24. The number of aryl methyl sites for hydroxylation is 1. The monoisotopic (exact) mass is 458 g/mol. The van der Waals surface area contributed by atoms with Crippen LogP contribution in [-0.4, -0.2) is 46.8 Å². The number of carbonyl (C=O) groups excluding carboxylic acids is 1. The second-order valence-electron chi connectivity index (χ2n) is 7.31. The van der Waals surface area contributed by atoms with E-state index >= 15 is 0 Å². The van der Waals surface area contributed by atoms with Gasteiger partial charge in [0.2, 0.25) is 0 Å². The lowest BCUT2D eigenvalue weighted by Gasteiger charge is -2.19. The molecule has 3 aromatic rings. The molecule has 2 aromatic carbocycles. The molecule has 0 aliphatic carbocycles. The molecule has 3 rings (SSSR count). The zero-order chi connectivity index (χ0) is 23.1. The molecule has 1 N–H and O–H groups in total. The SMILES string of the molecule is CCN(CC)CCOc1ccccc1CNC(=O)c1c(C)nn(-c2ccc(F)cc2)c1Cl. The van der Waals surface area contributed by atoms with Crippen LogP contribution in [0.1, 0.15) is 35.5 Å². The zero-order valence-corrected chi connectivity index (χ0v) is 19.3. The summed E-state index contributed by atoms with van der Waals surface area (Å²) >= 11 is 6.45. The Morgan fingerprint density at radius 2 is 1.84 bits per heavy atom. The Morgan fingerprint density at radius 3 is 2.53 bits per heavy atom. The van der Waals surface area contributed by atoms with Gasteiger partial charge >= 0.3 is 0 Å². The summed E-state index contributed by atoms with van der Waals surface area (Å²) in [7, 11) is 0. The third kappa shape index (κ3) is 5.66. The summed E-state index contributed by atoms with van der Waals surface area (Å²) in [5.74, 6) is 0.0493. The van der Waals surface area contributed by atoms with Crippen molar-refractivity contribution in [3.8, 4) is 11.4 Å². The van der Waals surface area contributed by atoms with Crippen molar-refractivity contribution >= 4 is 17.5 Å². The average Bonchev–Trinajstić information content (AvgIpc) is 3.10. The quantitative estimate of drug-likeness (QED) is 0.481. The molecule has 0 fully saturated rings. The van der Waals surface area contributed by atoms with Crippen LogP contribution in [0.4, 0.5) is 4.39 Å². The maximum absolute atomic E-state index is 13.2. The van der Waals surface area contributed by atoms with Gasteiger partial charge in [0.1, 0.15) is 23.3 Å². The highest BCUT2D eigenvalue weighted by molar-refractivity contribution is 6.33. The van der Waals surface area contributed by atoms with Crippen LogP contribution in [0.25, 0.3) is 5.69 Å². The molecular weight excluding hydrogens is 431 g/mol. The molecule has 170 valence electrons. The second-order valence-corrected chi connectivity index (χ2v) is 7.66. The number of rotatable bonds is 10. The number of nitrogens with one attached hydrogen (secondary N) is 1. The van der Waals surface area contributed by atoms with E-state index in [-0.39, 0.29) is 29.0 Å². The van der Waals surface area contributed by atoms with E-state index in [0.717, 1.165) is 30.9 Å². The number of ether oxygens (including phenoxy) is 1. The van der Waals surface area contributed by atoms with Crippen LogP contribution in [0.5, 0.6) is 5.75 Å². The van der Waals surface area contributed by atoms with Gasteiger partial charge in [-0.2, -0.15) is 5.10 Å². The Hall–Kier alpha value is -2.90. The molecule has 0 bridgehead atoms. The van der Waals surface area contributed by atoms with Crippen molar-refractivity contribution in [3.05, 3.63) is 76.3 Å². The minimum Gasteiger partial charge on any atom is -0.492 e. The molecular formula is C24H28ClFN4O2. The maximum atomic E-state index is 13.2. The number of halogens is 2. The van der Waals surface area contributed by atoms with E-state index in [9.17, 15) is 9.18 Å². The number of hydrogen-bond donors (Lipinski definition) is 1. The third-order valence-electron chi connectivity index (χ3n) is 5.27. The zero-order valence-electron chi connectivity index (χ0n) is 18.6. The van der Waals surface area contributed by atoms with E-state index in [1.165, 1.54) is 16.8 Å². The molecule has 0 spiro atoms. The van der Waals surface area contributed by atoms with Crippen LogP contribution >= 0.6 is 11.6 Å². The van der Waals surface area contributed by atoms with Crippen molar-refractivity contribution in [2.45, 2.75) is 27.3 Å². The number of nitrogens with zero attached hydrogens (tertiary/aromatic N) is 3. The number of amides is 1. The lowest BCUT2D eigenvalue weighted by Crippen LogP contribution is -2.28. The Morgan fingerprint density at radius 1 is 1.16 bits per heavy atom. The van der Waals surface area contributed by atoms with Crippen LogP contribution in [0.2, 0.25) is 5.15 Å². The van der Waals surface area contributed by atoms with E-state index in [1.54, 1.807) is 19.1 Å². The van der Waals surface area contributed by atoms with Gasteiger partial charge in [0.15, 0.2) is 0 Å². The average molecular weight is 459 g/mol. The van der Waals surface area contributed by atoms with Crippen LogP contribution in [-0.2, 0) is 6.54 Å². The first kappa shape index (κ1) is 23.8. The molecule has 8 heteroatoms.